The number of pyridine rings is 1. The highest BCUT2D eigenvalue weighted by Gasteiger charge is 2.31. The highest BCUT2D eigenvalue weighted by Crippen LogP contribution is 2.33. The Balaban J connectivity index is 1.50. The van der Waals surface area contributed by atoms with Crippen LogP contribution in [0.3, 0.4) is 0 Å². The molecule has 6 nitrogen and oxygen atoms in total. The molecular weight excluding hydrogens is 324 g/mol. The molecule has 3 heterocycles. The quantitative estimate of drug-likeness (QED) is 0.777. The summed E-state index contributed by atoms with van der Waals surface area (Å²) in [5.74, 6) is -0.347. The van der Waals surface area contributed by atoms with E-state index in [-0.39, 0.29) is 10.7 Å². The molecule has 1 aromatic rings. The summed E-state index contributed by atoms with van der Waals surface area (Å²) in [5.41, 5.74) is 1.47. The highest BCUT2D eigenvalue weighted by atomic mass is 32.2. The first kappa shape index (κ1) is 17.2. The minimum atomic E-state index is -0.347. The second-order valence-electron chi connectivity index (χ2n) is 6.75. The van der Waals surface area contributed by atoms with Crippen molar-refractivity contribution in [2.24, 2.45) is 4.99 Å². The molecule has 3 rings (SSSR count). The van der Waals surface area contributed by atoms with Crippen LogP contribution in [0.2, 0.25) is 0 Å². The van der Waals surface area contributed by atoms with Gasteiger partial charge in [-0.05, 0) is 26.0 Å². The number of nitrogens with zero attached hydrogens (tertiary/aromatic N) is 4. The lowest BCUT2D eigenvalue weighted by Crippen LogP contribution is -2.47. The maximum absolute atomic E-state index is 11.4. The summed E-state index contributed by atoms with van der Waals surface area (Å²) in [6.07, 6.45) is 1.59. The van der Waals surface area contributed by atoms with Gasteiger partial charge in [0.05, 0.1) is 24.9 Å². The van der Waals surface area contributed by atoms with Crippen LogP contribution in [0, 0.1) is 0 Å². The monoisotopic (exact) mass is 348 g/mol. The van der Waals surface area contributed by atoms with E-state index in [2.05, 4.69) is 33.6 Å². The van der Waals surface area contributed by atoms with Gasteiger partial charge in [-0.3, -0.25) is 14.9 Å². The van der Waals surface area contributed by atoms with Crippen molar-refractivity contribution in [3.63, 3.8) is 0 Å². The Bertz CT molecular complexity index is 622. The second-order valence-corrected chi connectivity index (χ2v) is 8.43. The highest BCUT2D eigenvalue weighted by molar-refractivity contribution is 8.15. The number of methoxy groups -OCH3 is 1. The van der Waals surface area contributed by atoms with Crippen molar-refractivity contribution in [1.29, 1.82) is 0 Å². The minimum Gasteiger partial charge on any atom is -0.465 e. The van der Waals surface area contributed by atoms with Crippen LogP contribution in [0.25, 0.3) is 0 Å². The van der Waals surface area contributed by atoms with E-state index in [0.29, 0.717) is 5.56 Å². The number of hydrogen-bond donors (Lipinski definition) is 0. The normalized spacial score (nSPS) is 20.8. The average molecular weight is 348 g/mol. The lowest BCUT2D eigenvalue weighted by atomic mass is 10.2. The Labute approximate surface area is 147 Å². The van der Waals surface area contributed by atoms with E-state index in [9.17, 15) is 4.79 Å². The van der Waals surface area contributed by atoms with Gasteiger partial charge in [0, 0.05) is 43.7 Å². The van der Waals surface area contributed by atoms with Crippen molar-refractivity contribution in [1.82, 2.24) is 14.8 Å². The van der Waals surface area contributed by atoms with Gasteiger partial charge in [-0.2, -0.15) is 0 Å². The third kappa shape index (κ3) is 4.08. The molecule has 0 unspecified atom stereocenters. The molecule has 0 amide bonds. The summed E-state index contributed by atoms with van der Waals surface area (Å²) in [5, 5.41) is 1.19. The summed E-state index contributed by atoms with van der Waals surface area (Å²) in [4.78, 5) is 25.3. The van der Waals surface area contributed by atoms with Gasteiger partial charge >= 0.3 is 5.97 Å². The van der Waals surface area contributed by atoms with E-state index in [1.54, 1.807) is 12.3 Å². The van der Waals surface area contributed by atoms with E-state index < -0.39 is 0 Å². The van der Waals surface area contributed by atoms with Crippen molar-refractivity contribution >= 4 is 22.9 Å². The average Bonchev–Trinajstić information content (AvgIpc) is 2.95. The number of hydrogen-bond acceptors (Lipinski definition) is 7. The summed E-state index contributed by atoms with van der Waals surface area (Å²) >= 11 is 1.89. The number of carbonyl (C=O) groups excluding carboxylic acids is 1. The van der Waals surface area contributed by atoms with Crippen LogP contribution in [0.5, 0.6) is 0 Å². The van der Waals surface area contributed by atoms with Gasteiger partial charge in [0.25, 0.3) is 0 Å². The van der Waals surface area contributed by atoms with E-state index in [0.717, 1.165) is 45.0 Å². The molecule has 2 aliphatic rings. The van der Waals surface area contributed by atoms with Crippen LogP contribution < -0.4 is 0 Å². The molecular formula is C17H24N4O2S. The fourth-order valence-corrected chi connectivity index (χ4v) is 3.88. The number of amidine groups is 1. The molecule has 0 aromatic carbocycles. The van der Waals surface area contributed by atoms with Crippen molar-refractivity contribution in [2.45, 2.75) is 25.1 Å². The van der Waals surface area contributed by atoms with E-state index in [4.69, 9.17) is 4.74 Å². The lowest BCUT2D eigenvalue weighted by molar-refractivity contribution is 0.0600. The van der Waals surface area contributed by atoms with Crippen molar-refractivity contribution in [3.05, 3.63) is 29.6 Å². The summed E-state index contributed by atoms with van der Waals surface area (Å²) < 4.78 is 4.93. The molecule has 0 radical (unpaired) electrons. The number of aliphatic imine (C=N–C) groups is 1. The van der Waals surface area contributed by atoms with Gasteiger partial charge < -0.3 is 9.64 Å². The Kier molecular flexibility index (Phi) is 5.10. The molecule has 1 aromatic heterocycles. The van der Waals surface area contributed by atoms with Crippen LogP contribution in [-0.4, -0.2) is 70.5 Å². The first-order chi connectivity index (χ1) is 11.5. The number of esters is 1. The zero-order chi connectivity index (χ0) is 17.2. The Morgan fingerprint density at radius 2 is 2.04 bits per heavy atom. The van der Waals surface area contributed by atoms with Gasteiger partial charge in [-0.1, -0.05) is 11.8 Å². The van der Waals surface area contributed by atoms with E-state index in [1.165, 1.54) is 12.3 Å². The standard InChI is InChI=1S/C17H24N4O2S/c1-17(2)12-19-16(24-17)21-8-6-20(7-9-21)11-14-5-4-13(10-18-14)15(22)23-3/h4-5,10H,6-9,11-12H2,1-3H3. The van der Waals surface area contributed by atoms with Gasteiger partial charge in [0.1, 0.15) is 0 Å². The van der Waals surface area contributed by atoms with Gasteiger partial charge in [-0.25, -0.2) is 4.79 Å². The van der Waals surface area contributed by atoms with Crippen molar-refractivity contribution < 1.29 is 9.53 Å². The molecule has 1 saturated heterocycles. The van der Waals surface area contributed by atoms with Crippen molar-refractivity contribution in [2.75, 3.05) is 39.8 Å². The third-order valence-corrected chi connectivity index (χ3v) is 5.49. The first-order valence-corrected chi connectivity index (χ1v) is 9.02. The van der Waals surface area contributed by atoms with Crippen LogP contribution in [-0.2, 0) is 11.3 Å². The molecule has 0 bridgehead atoms. The number of rotatable bonds is 3. The van der Waals surface area contributed by atoms with Gasteiger partial charge in [0.2, 0.25) is 0 Å². The smallest absolute Gasteiger partial charge is 0.339 e. The maximum atomic E-state index is 11.4. The molecule has 0 aliphatic carbocycles. The van der Waals surface area contributed by atoms with Gasteiger partial charge in [-0.15, -0.1) is 0 Å². The predicted molar refractivity (Wildman–Crippen MR) is 96.4 cm³/mol. The third-order valence-electron chi connectivity index (χ3n) is 4.24. The van der Waals surface area contributed by atoms with Crippen LogP contribution in [0.15, 0.2) is 23.3 Å². The Hall–Kier alpha value is -1.60. The zero-order valence-electron chi connectivity index (χ0n) is 14.5. The van der Waals surface area contributed by atoms with E-state index >= 15 is 0 Å². The number of carbonyl (C=O) groups is 1. The first-order valence-electron chi connectivity index (χ1n) is 8.21. The molecule has 0 spiro atoms. The molecule has 0 atom stereocenters. The summed E-state index contributed by atoms with van der Waals surface area (Å²) in [7, 11) is 1.38. The SMILES string of the molecule is COC(=O)c1ccc(CN2CCN(C3=NCC(C)(C)S3)CC2)nc1. The van der Waals surface area contributed by atoms with E-state index in [1.807, 2.05) is 17.8 Å². The topological polar surface area (TPSA) is 58.0 Å². The molecule has 1 fully saturated rings. The largest absolute Gasteiger partial charge is 0.465 e. The molecule has 0 saturated carbocycles. The minimum absolute atomic E-state index is 0.234. The number of aromatic nitrogens is 1. The van der Waals surface area contributed by atoms with Crippen LogP contribution >= 0.6 is 11.8 Å². The Morgan fingerprint density at radius 1 is 1.29 bits per heavy atom. The number of thioether (sulfide) groups is 1. The fourth-order valence-electron chi connectivity index (χ4n) is 2.82. The lowest BCUT2D eigenvalue weighted by Gasteiger charge is -2.35. The fraction of sp³-hybridized carbons (Fsp3) is 0.588. The zero-order valence-corrected chi connectivity index (χ0v) is 15.3. The molecule has 0 N–H and O–H groups in total. The maximum Gasteiger partial charge on any atom is 0.339 e. The van der Waals surface area contributed by atoms with Crippen molar-refractivity contribution in [3.8, 4) is 0 Å². The second kappa shape index (κ2) is 7.11. The van der Waals surface area contributed by atoms with Gasteiger partial charge in [0.15, 0.2) is 5.17 Å². The molecule has 7 heteroatoms. The number of ether oxygens (including phenoxy) is 1. The molecule has 24 heavy (non-hydrogen) atoms. The Morgan fingerprint density at radius 3 is 2.58 bits per heavy atom. The molecule has 2 aliphatic heterocycles. The summed E-state index contributed by atoms with van der Waals surface area (Å²) in [6.45, 7) is 10.2. The predicted octanol–water partition coefficient (Wildman–Crippen LogP) is 1.87. The summed E-state index contributed by atoms with van der Waals surface area (Å²) in [6, 6.07) is 3.68. The molecule has 130 valence electrons. The number of piperazine rings is 1. The van der Waals surface area contributed by atoms with Crippen LogP contribution in [0.4, 0.5) is 0 Å². The van der Waals surface area contributed by atoms with Crippen LogP contribution in [0.1, 0.15) is 29.9 Å².